The molecule has 1 amide bonds. The van der Waals surface area contributed by atoms with Crippen LogP contribution < -0.4 is 10.9 Å². The summed E-state index contributed by atoms with van der Waals surface area (Å²) in [5.74, 6) is -0.226. The van der Waals surface area contributed by atoms with Crippen LogP contribution in [0.4, 0.5) is 5.69 Å². The Morgan fingerprint density at radius 1 is 1.15 bits per heavy atom. The van der Waals surface area contributed by atoms with Crippen molar-refractivity contribution >= 4 is 35.0 Å². The van der Waals surface area contributed by atoms with Gasteiger partial charge < -0.3 is 10.3 Å². The molecule has 0 fully saturated rings. The van der Waals surface area contributed by atoms with Crippen LogP contribution in [-0.4, -0.2) is 21.1 Å². The van der Waals surface area contributed by atoms with Crippen molar-refractivity contribution in [2.45, 2.75) is 17.3 Å². The highest BCUT2D eigenvalue weighted by Gasteiger charge is 2.17. The Labute approximate surface area is 159 Å². The number of H-pyrrole nitrogens is 1. The van der Waals surface area contributed by atoms with E-state index >= 15 is 0 Å². The van der Waals surface area contributed by atoms with E-state index in [-0.39, 0.29) is 11.5 Å². The third-order valence-corrected chi connectivity index (χ3v) is 4.89. The van der Waals surface area contributed by atoms with Gasteiger partial charge in [-0.3, -0.25) is 9.59 Å². The molecule has 1 atom stereocenters. The number of aromatic amines is 1. The smallest absolute Gasteiger partial charge is 0.252 e. The van der Waals surface area contributed by atoms with Gasteiger partial charge in [0.2, 0.25) is 5.91 Å². The largest absolute Gasteiger partial charge is 0.324 e. The van der Waals surface area contributed by atoms with Crippen LogP contribution in [0.2, 0.25) is 5.02 Å². The zero-order valence-electron chi connectivity index (χ0n) is 13.9. The van der Waals surface area contributed by atoms with Gasteiger partial charge in [-0.1, -0.05) is 65.8 Å². The summed E-state index contributed by atoms with van der Waals surface area (Å²) >= 11 is 7.24. The Morgan fingerprint density at radius 3 is 2.58 bits per heavy atom. The third kappa shape index (κ3) is 4.53. The molecule has 2 N–H and O–H groups in total. The fraction of sp³-hybridized carbons (Fsp3) is 0.105. The van der Waals surface area contributed by atoms with Crippen molar-refractivity contribution in [3.8, 4) is 11.3 Å². The Balaban J connectivity index is 1.76. The van der Waals surface area contributed by atoms with Gasteiger partial charge in [0.15, 0.2) is 5.16 Å². The van der Waals surface area contributed by atoms with Crippen molar-refractivity contribution in [3.63, 3.8) is 0 Å². The predicted octanol–water partition coefficient (Wildman–Crippen LogP) is 4.21. The van der Waals surface area contributed by atoms with Crippen molar-refractivity contribution in [2.24, 2.45) is 0 Å². The summed E-state index contributed by atoms with van der Waals surface area (Å²) in [4.78, 5) is 31.5. The van der Waals surface area contributed by atoms with E-state index in [1.165, 1.54) is 17.8 Å². The van der Waals surface area contributed by atoms with Gasteiger partial charge >= 0.3 is 0 Å². The maximum Gasteiger partial charge on any atom is 0.252 e. The van der Waals surface area contributed by atoms with E-state index in [1.54, 1.807) is 31.2 Å². The topological polar surface area (TPSA) is 74.8 Å². The molecule has 1 aromatic heterocycles. The Bertz CT molecular complexity index is 976. The summed E-state index contributed by atoms with van der Waals surface area (Å²) < 4.78 is 0. The molecule has 1 heterocycles. The second kappa shape index (κ2) is 8.21. The number of benzene rings is 2. The van der Waals surface area contributed by atoms with Crippen LogP contribution in [0, 0.1) is 0 Å². The van der Waals surface area contributed by atoms with Gasteiger partial charge in [-0.2, -0.15) is 0 Å². The minimum atomic E-state index is -0.472. The molecule has 0 aliphatic rings. The molecule has 0 bridgehead atoms. The van der Waals surface area contributed by atoms with Crippen LogP contribution in [0.15, 0.2) is 70.6 Å². The predicted molar refractivity (Wildman–Crippen MR) is 106 cm³/mol. The average molecular weight is 386 g/mol. The summed E-state index contributed by atoms with van der Waals surface area (Å²) in [5.41, 5.74) is 1.69. The number of hydrogen-bond acceptors (Lipinski definition) is 4. The van der Waals surface area contributed by atoms with Crippen molar-refractivity contribution in [1.29, 1.82) is 0 Å². The lowest BCUT2D eigenvalue weighted by Crippen LogP contribution is -2.23. The first kappa shape index (κ1) is 18.2. The van der Waals surface area contributed by atoms with Gasteiger partial charge in [-0.05, 0) is 19.1 Å². The first-order valence-corrected chi connectivity index (χ1v) is 9.17. The van der Waals surface area contributed by atoms with E-state index in [4.69, 9.17) is 11.6 Å². The number of hydrogen-bond donors (Lipinski definition) is 2. The fourth-order valence-electron chi connectivity index (χ4n) is 2.27. The summed E-state index contributed by atoms with van der Waals surface area (Å²) in [6.45, 7) is 1.74. The number of amides is 1. The molecule has 0 aliphatic carbocycles. The van der Waals surface area contributed by atoms with Gasteiger partial charge in [-0.25, -0.2) is 4.98 Å². The lowest BCUT2D eigenvalue weighted by Gasteiger charge is -2.12. The van der Waals surface area contributed by atoms with Crippen LogP contribution >= 0.6 is 23.4 Å². The van der Waals surface area contributed by atoms with E-state index in [0.717, 1.165) is 5.56 Å². The monoisotopic (exact) mass is 385 g/mol. The van der Waals surface area contributed by atoms with Gasteiger partial charge in [0.1, 0.15) is 0 Å². The first-order valence-electron chi connectivity index (χ1n) is 7.92. The standard InChI is InChI=1S/C19H16ClN3O2S/c1-12(18(25)21-15-10-6-5-9-14(15)20)26-19-22-16(11-17(24)23-19)13-7-3-2-4-8-13/h2-12H,1H3,(H,21,25)(H,22,23,24)/t12-/m0/s1. The second-order valence-electron chi connectivity index (χ2n) is 5.53. The van der Waals surface area contributed by atoms with Crippen molar-refractivity contribution < 1.29 is 4.79 Å². The lowest BCUT2D eigenvalue weighted by molar-refractivity contribution is -0.115. The molecule has 3 rings (SSSR count). The molecule has 0 unspecified atom stereocenters. The molecule has 0 aliphatic heterocycles. The number of para-hydroxylation sites is 1. The molecule has 5 nitrogen and oxygen atoms in total. The van der Waals surface area contributed by atoms with Gasteiger partial charge in [0, 0.05) is 11.6 Å². The van der Waals surface area contributed by atoms with E-state index in [1.807, 2.05) is 30.3 Å². The van der Waals surface area contributed by atoms with E-state index < -0.39 is 5.25 Å². The molecular weight excluding hydrogens is 370 g/mol. The highest BCUT2D eigenvalue weighted by atomic mass is 35.5. The fourth-order valence-corrected chi connectivity index (χ4v) is 3.26. The minimum Gasteiger partial charge on any atom is -0.324 e. The number of nitrogens with zero attached hydrogens (tertiary/aromatic N) is 1. The number of carbonyl (C=O) groups excluding carboxylic acids is 1. The number of anilines is 1. The van der Waals surface area contributed by atoms with Gasteiger partial charge in [-0.15, -0.1) is 0 Å². The number of nitrogens with one attached hydrogen (secondary N) is 2. The van der Waals surface area contributed by atoms with Crippen molar-refractivity contribution in [1.82, 2.24) is 9.97 Å². The van der Waals surface area contributed by atoms with Crippen LogP contribution in [0.25, 0.3) is 11.3 Å². The van der Waals surface area contributed by atoms with Crippen molar-refractivity contribution in [3.05, 3.63) is 76.0 Å². The quantitative estimate of drug-likeness (QED) is 0.509. The van der Waals surface area contributed by atoms with Crippen LogP contribution in [0.1, 0.15) is 6.92 Å². The molecule has 26 heavy (non-hydrogen) atoms. The van der Waals surface area contributed by atoms with Crippen LogP contribution in [-0.2, 0) is 4.79 Å². The highest BCUT2D eigenvalue weighted by Crippen LogP contribution is 2.25. The van der Waals surface area contributed by atoms with Gasteiger partial charge in [0.25, 0.3) is 5.56 Å². The SMILES string of the molecule is C[C@H](Sc1nc(-c2ccccc2)cc(=O)[nH]1)C(=O)Nc1ccccc1Cl. The molecule has 2 aromatic carbocycles. The average Bonchev–Trinajstić information content (AvgIpc) is 2.64. The Hall–Kier alpha value is -2.57. The number of carbonyl (C=O) groups is 1. The van der Waals surface area contributed by atoms with E-state index in [0.29, 0.717) is 21.6 Å². The minimum absolute atomic E-state index is 0.226. The maximum atomic E-state index is 12.4. The molecule has 0 radical (unpaired) electrons. The third-order valence-electron chi connectivity index (χ3n) is 3.58. The second-order valence-corrected chi connectivity index (χ2v) is 7.27. The number of aromatic nitrogens is 2. The van der Waals surface area contributed by atoms with E-state index in [9.17, 15) is 9.59 Å². The lowest BCUT2D eigenvalue weighted by atomic mass is 10.1. The summed E-state index contributed by atoms with van der Waals surface area (Å²) in [6.07, 6.45) is 0. The van der Waals surface area contributed by atoms with Crippen LogP contribution in [0.3, 0.4) is 0 Å². The molecule has 7 heteroatoms. The zero-order valence-corrected chi connectivity index (χ0v) is 15.5. The summed E-state index contributed by atoms with van der Waals surface area (Å²) in [7, 11) is 0. The number of rotatable bonds is 5. The maximum absolute atomic E-state index is 12.4. The molecule has 132 valence electrons. The first-order chi connectivity index (χ1) is 12.5. The summed E-state index contributed by atoms with van der Waals surface area (Å²) in [5, 5.41) is 3.16. The highest BCUT2D eigenvalue weighted by molar-refractivity contribution is 8.00. The molecule has 0 saturated heterocycles. The van der Waals surface area contributed by atoms with Crippen LogP contribution in [0.5, 0.6) is 0 Å². The molecule has 3 aromatic rings. The normalized spacial score (nSPS) is 11.8. The molecule has 0 saturated carbocycles. The Morgan fingerprint density at radius 2 is 1.85 bits per heavy atom. The molecular formula is C19H16ClN3O2S. The number of halogens is 1. The Kier molecular flexibility index (Phi) is 5.75. The molecule has 0 spiro atoms. The van der Waals surface area contributed by atoms with Crippen molar-refractivity contribution in [2.75, 3.05) is 5.32 Å². The van der Waals surface area contributed by atoms with E-state index in [2.05, 4.69) is 15.3 Å². The summed E-state index contributed by atoms with van der Waals surface area (Å²) in [6, 6.07) is 17.9. The number of thioether (sulfide) groups is 1. The van der Waals surface area contributed by atoms with Gasteiger partial charge in [0.05, 0.1) is 21.7 Å². The zero-order chi connectivity index (χ0) is 18.5.